The van der Waals surface area contributed by atoms with Crippen molar-refractivity contribution in [3.8, 4) is 6.07 Å². The number of ether oxygens (including phenoxy) is 1. The van der Waals surface area contributed by atoms with Gasteiger partial charge in [0.05, 0.1) is 18.2 Å². The zero-order chi connectivity index (χ0) is 12.8. The van der Waals surface area contributed by atoms with E-state index in [-0.39, 0.29) is 6.04 Å². The maximum Gasteiger partial charge on any atom is 0.147 e. The Hall–Kier alpha value is -1.60. The Balaban J connectivity index is 3.12. The molecular weight excluding hydrogens is 214 g/mol. The van der Waals surface area contributed by atoms with Gasteiger partial charge < -0.3 is 9.64 Å². The molecule has 1 unspecified atom stereocenters. The van der Waals surface area contributed by atoms with E-state index in [0.29, 0.717) is 12.2 Å². The van der Waals surface area contributed by atoms with Crippen molar-refractivity contribution in [3.63, 3.8) is 0 Å². The highest BCUT2D eigenvalue weighted by Crippen LogP contribution is 2.21. The van der Waals surface area contributed by atoms with Gasteiger partial charge in [0.1, 0.15) is 11.9 Å². The van der Waals surface area contributed by atoms with E-state index in [1.54, 1.807) is 13.3 Å². The van der Waals surface area contributed by atoms with Crippen molar-refractivity contribution in [2.75, 3.05) is 25.2 Å². The number of hydrogen-bond donors (Lipinski definition) is 0. The lowest BCUT2D eigenvalue weighted by Gasteiger charge is -2.29. The van der Waals surface area contributed by atoms with Crippen LogP contribution in [-0.4, -0.2) is 31.3 Å². The normalized spacial score (nSPS) is 11.9. The average Bonchev–Trinajstić information content (AvgIpc) is 2.30. The van der Waals surface area contributed by atoms with Crippen LogP contribution < -0.4 is 4.90 Å². The van der Waals surface area contributed by atoms with Crippen molar-refractivity contribution in [3.05, 3.63) is 23.4 Å². The van der Waals surface area contributed by atoms with Crippen LogP contribution in [0.2, 0.25) is 0 Å². The maximum atomic E-state index is 9.21. The minimum atomic E-state index is 0.200. The Kier molecular flexibility index (Phi) is 4.92. The summed E-state index contributed by atoms with van der Waals surface area (Å²) in [6, 6.07) is 4.29. The summed E-state index contributed by atoms with van der Waals surface area (Å²) < 4.78 is 5.16. The molecule has 4 nitrogen and oxygen atoms in total. The number of likely N-dealkylation sites (N-methyl/N-ethyl adjacent to an activating group) is 1. The summed E-state index contributed by atoms with van der Waals surface area (Å²) >= 11 is 0. The second kappa shape index (κ2) is 6.21. The molecule has 0 aliphatic carbocycles. The number of methoxy groups -OCH3 is 1. The van der Waals surface area contributed by atoms with Gasteiger partial charge in [-0.1, -0.05) is 0 Å². The molecule has 0 fully saturated rings. The summed E-state index contributed by atoms with van der Waals surface area (Å²) in [5.74, 6) is 0.750. The number of anilines is 1. The highest BCUT2D eigenvalue weighted by molar-refractivity contribution is 5.57. The number of rotatable bonds is 5. The Labute approximate surface area is 103 Å². The molecular formula is C13H19N3O. The van der Waals surface area contributed by atoms with Crippen LogP contribution in [0.3, 0.4) is 0 Å². The standard InChI is InChI=1S/C13H19N3O/c1-5-16(11(3)9-17-4)13-12(8-14)10(2)6-7-15-13/h6-7,11H,5,9H2,1-4H3. The van der Waals surface area contributed by atoms with Gasteiger partial charge in [-0.15, -0.1) is 0 Å². The fourth-order valence-corrected chi connectivity index (χ4v) is 1.90. The molecule has 0 aromatic carbocycles. The summed E-state index contributed by atoms with van der Waals surface area (Å²) in [5.41, 5.74) is 1.61. The molecule has 1 rings (SSSR count). The predicted molar refractivity (Wildman–Crippen MR) is 68.0 cm³/mol. The number of aryl methyl sites for hydroxylation is 1. The van der Waals surface area contributed by atoms with Crippen LogP contribution in [0.4, 0.5) is 5.82 Å². The van der Waals surface area contributed by atoms with Crippen LogP contribution >= 0.6 is 0 Å². The van der Waals surface area contributed by atoms with Crippen LogP contribution in [0, 0.1) is 18.3 Å². The predicted octanol–water partition coefficient (Wildman–Crippen LogP) is 2.12. The first-order valence-corrected chi connectivity index (χ1v) is 5.77. The van der Waals surface area contributed by atoms with Crippen molar-refractivity contribution >= 4 is 5.82 Å². The van der Waals surface area contributed by atoms with E-state index >= 15 is 0 Å². The molecule has 0 aliphatic heterocycles. The lowest BCUT2D eigenvalue weighted by atomic mass is 10.1. The van der Waals surface area contributed by atoms with Crippen LogP contribution in [0.1, 0.15) is 25.0 Å². The molecule has 0 radical (unpaired) electrons. The van der Waals surface area contributed by atoms with Crippen molar-refractivity contribution in [2.24, 2.45) is 0 Å². The third kappa shape index (κ3) is 2.95. The monoisotopic (exact) mass is 233 g/mol. The minimum absolute atomic E-state index is 0.200. The zero-order valence-corrected chi connectivity index (χ0v) is 10.9. The smallest absolute Gasteiger partial charge is 0.147 e. The Morgan fingerprint density at radius 3 is 2.82 bits per heavy atom. The van der Waals surface area contributed by atoms with Crippen molar-refractivity contribution in [1.82, 2.24) is 4.98 Å². The number of nitriles is 1. The summed E-state index contributed by atoms with van der Waals surface area (Å²) in [4.78, 5) is 6.43. The van der Waals surface area contributed by atoms with E-state index in [4.69, 9.17) is 4.74 Å². The van der Waals surface area contributed by atoms with E-state index in [2.05, 4.69) is 29.8 Å². The molecule has 0 N–H and O–H groups in total. The molecule has 0 saturated carbocycles. The highest BCUT2D eigenvalue weighted by atomic mass is 16.5. The molecule has 1 aromatic heterocycles. The lowest BCUT2D eigenvalue weighted by Crippen LogP contribution is -2.37. The number of hydrogen-bond acceptors (Lipinski definition) is 4. The summed E-state index contributed by atoms with van der Waals surface area (Å²) in [6.07, 6.45) is 1.74. The second-order valence-corrected chi connectivity index (χ2v) is 4.03. The topological polar surface area (TPSA) is 49.2 Å². The van der Waals surface area contributed by atoms with E-state index in [0.717, 1.165) is 17.9 Å². The van der Waals surface area contributed by atoms with Crippen LogP contribution in [-0.2, 0) is 4.74 Å². The SMILES string of the molecule is CCN(c1nccc(C)c1C#N)C(C)COC. The van der Waals surface area contributed by atoms with Crippen LogP contribution in [0.15, 0.2) is 12.3 Å². The fourth-order valence-electron chi connectivity index (χ4n) is 1.90. The first-order chi connectivity index (χ1) is 8.15. The third-order valence-corrected chi connectivity index (χ3v) is 2.80. The van der Waals surface area contributed by atoms with E-state index in [9.17, 15) is 5.26 Å². The molecule has 1 heterocycles. The maximum absolute atomic E-state index is 9.21. The Bertz CT molecular complexity index is 412. The van der Waals surface area contributed by atoms with Crippen molar-refractivity contribution in [1.29, 1.82) is 5.26 Å². The molecule has 17 heavy (non-hydrogen) atoms. The van der Waals surface area contributed by atoms with Gasteiger partial charge in [0.25, 0.3) is 0 Å². The quantitative estimate of drug-likeness (QED) is 0.781. The second-order valence-electron chi connectivity index (χ2n) is 4.03. The molecule has 0 amide bonds. The van der Waals surface area contributed by atoms with E-state index < -0.39 is 0 Å². The van der Waals surface area contributed by atoms with E-state index in [1.807, 2.05) is 13.0 Å². The van der Waals surface area contributed by atoms with Gasteiger partial charge in [-0.3, -0.25) is 0 Å². The van der Waals surface area contributed by atoms with Gasteiger partial charge in [-0.05, 0) is 32.4 Å². The van der Waals surface area contributed by atoms with Crippen LogP contribution in [0.25, 0.3) is 0 Å². The summed E-state index contributed by atoms with van der Waals surface area (Å²) in [6.45, 7) is 7.47. The first kappa shape index (κ1) is 13.5. The van der Waals surface area contributed by atoms with Gasteiger partial charge in [-0.2, -0.15) is 5.26 Å². The lowest BCUT2D eigenvalue weighted by molar-refractivity contribution is 0.181. The van der Waals surface area contributed by atoms with Gasteiger partial charge in [0, 0.05) is 19.9 Å². The average molecular weight is 233 g/mol. The van der Waals surface area contributed by atoms with Crippen molar-refractivity contribution < 1.29 is 4.74 Å². The molecule has 0 spiro atoms. The minimum Gasteiger partial charge on any atom is -0.383 e. The molecule has 1 atom stereocenters. The first-order valence-electron chi connectivity index (χ1n) is 5.77. The zero-order valence-electron chi connectivity index (χ0n) is 10.9. The molecule has 0 saturated heterocycles. The largest absolute Gasteiger partial charge is 0.383 e. The number of aromatic nitrogens is 1. The van der Waals surface area contributed by atoms with Crippen molar-refractivity contribution in [2.45, 2.75) is 26.8 Å². The third-order valence-electron chi connectivity index (χ3n) is 2.80. The molecule has 0 bridgehead atoms. The number of nitrogens with zero attached hydrogens (tertiary/aromatic N) is 3. The number of pyridine rings is 1. The summed E-state index contributed by atoms with van der Waals surface area (Å²) in [7, 11) is 1.68. The Morgan fingerprint density at radius 1 is 1.59 bits per heavy atom. The highest BCUT2D eigenvalue weighted by Gasteiger charge is 2.18. The van der Waals surface area contributed by atoms with E-state index in [1.165, 1.54) is 0 Å². The fraction of sp³-hybridized carbons (Fsp3) is 0.538. The molecule has 1 aromatic rings. The summed E-state index contributed by atoms with van der Waals surface area (Å²) in [5, 5.41) is 9.21. The van der Waals surface area contributed by atoms with Crippen LogP contribution in [0.5, 0.6) is 0 Å². The molecule has 4 heteroatoms. The molecule has 92 valence electrons. The molecule has 0 aliphatic rings. The van der Waals surface area contributed by atoms with Gasteiger partial charge >= 0.3 is 0 Å². The Morgan fingerprint density at radius 2 is 2.29 bits per heavy atom. The van der Waals surface area contributed by atoms with Gasteiger partial charge in [0.15, 0.2) is 0 Å². The van der Waals surface area contributed by atoms with Gasteiger partial charge in [-0.25, -0.2) is 4.98 Å². The van der Waals surface area contributed by atoms with Gasteiger partial charge in [0.2, 0.25) is 0 Å².